The Labute approximate surface area is 115 Å². The molecule has 1 saturated heterocycles. The molecule has 0 aromatic heterocycles. The Balaban J connectivity index is 2.22. The Bertz CT molecular complexity index is 408. The Morgan fingerprint density at radius 3 is 2.47 bits per heavy atom. The lowest BCUT2D eigenvalue weighted by Crippen LogP contribution is -2.51. The van der Waals surface area contributed by atoms with Gasteiger partial charge in [0.15, 0.2) is 0 Å². The molecular formula is C16H24N2O. The van der Waals surface area contributed by atoms with Crippen molar-refractivity contribution in [1.82, 2.24) is 10.6 Å². The monoisotopic (exact) mass is 260 g/mol. The standard InChI is InChI=1S/C16H24N2O/c1-13(2)12-18-15(19)16(8-10-17-11-9-16)14-6-4-3-5-7-14/h3-7,13,17H,8-12H2,1-2H3,(H,18,19). The summed E-state index contributed by atoms with van der Waals surface area (Å²) in [5.41, 5.74) is 0.805. The van der Waals surface area contributed by atoms with Gasteiger partial charge in [0.05, 0.1) is 5.41 Å². The zero-order valence-corrected chi connectivity index (χ0v) is 11.9. The topological polar surface area (TPSA) is 41.1 Å². The first kappa shape index (κ1) is 14.1. The largest absolute Gasteiger partial charge is 0.355 e. The molecule has 0 aliphatic carbocycles. The van der Waals surface area contributed by atoms with E-state index in [0.717, 1.165) is 38.0 Å². The number of hydrogen-bond donors (Lipinski definition) is 2. The molecule has 0 atom stereocenters. The molecule has 0 bridgehead atoms. The van der Waals surface area contributed by atoms with E-state index in [1.165, 1.54) is 0 Å². The van der Waals surface area contributed by atoms with Crippen molar-refractivity contribution in [2.75, 3.05) is 19.6 Å². The van der Waals surface area contributed by atoms with Gasteiger partial charge in [-0.15, -0.1) is 0 Å². The molecule has 19 heavy (non-hydrogen) atoms. The minimum Gasteiger partial charge on any atom is -0.355 e. The summed E-state index contributed by atoms with van der Waals surface area (Å²) in [5.74, 6) is 0.674. The average Bonchev–Trinajstić information content (AvgIpc) is 2.46. The summed E-state index contributed by atoms with van der Waals surface area (Å²) in [6.45, 7) is 6.81. The van der Waals surface area contributed by atoms with Gasteiger partial charge in [0.2, 0.25) is 5.91 Å². The first-order chi connectivity index (χ1) is 9.15. The van der Waals surface area contributed by atoms with Gasteiger partial charge in [-0.2, -0.15) is 0 Å². The molecule has 1 aliphatic rings. The number of piperidine rings is 1. The first-order valence-electron chi connectivity index (χ1n) is 7.20. The summed E-state index contributed by atoms with van der Waals surface area (Å²) < 4.78 is 0. The molecule has 0 unspecified atom stereocenters. The second kappa shape index (κ2) is 6.20. The van der Waals surface area contributed by atoms with Crippen molar-refractivity contribution in [3.8, 4) is 0 Å². The summed E-state index contributed by atoms with van der Waals surface area (Å²) in [4.78, 5) is 12.7. The van der Waals surface area contributed by atoms with Crippen LogP contribution in [0.5, 0.6) is 0 Å². The molecule has 104 valence electrons. The zero-order valence-electron chi connectivity index (χ0n) is 11.9. The maximum absolute atomic E-state index is 12.7. The fourth-order valence-corrected chi connectivity index (χ4v) is 2.72. The van der Waals surface area contributed by atoms with Crippen LogP contribution in [0.25, 0.3) is 0 Å². The van der Waals surface area contributed by atoms with Gasteiger partial charge < -0.3 is 10.6 Å². The summed E-state index contributed by atoms with van der Waals surface area (Å²) in [6, 6.07) is 10.2. The minimum absolute atomic E-state index is 0.189. The summed E-state index contributed by atoms with van der Waals surface area (Å²) >= 11 is 0. The third-order valence-electron chi connectivity index (χ3n) is 3.89. The van der Waals surface area contributed by atoms with E-state index >= 15 is 0 Å². The summed E-state index contributed by atoms with van der Waals surface area (Å²) in [6.07, 6.45) is 1.75. The van der Waals surface area contributed by atoms with Crippen molar-refractivity contribution < 1.29 is 4.79 Å². The van der Waals surface area contributed by atoms with Crippen LogP contribution in [0.3, 0.4) is 0 Å². The van der Waals surface area contributed by atoms with E-state index in [0.29, 0.717) is 5.92 Å². The van der Waals surface area contributed by atoms with Crippen LogP contribution >= 0.6 is 0 Å². The maximum Gasteiger partial charge on any atom is 0.230 e. The predicted octanol–water partition coefficient (Wildman–Crippen LogP) is 2.08. The number of benzene rings is 1. The third-order valence-corrected chi connectivity index (χ3v) is 3.89. The normalized spacial score (nSPS) is 18.3. The predicted molar refractivity (Wildman–Crippen MR) is 78.1 cm³/mol. The summed E-state index contributed by atoms with van der Waals surface area (Å²) in [7, 11) is 0. The summed E-state index contributed by atoms with van der Waals surface area (Å²) in [5, 5.41) is 6.47. The molecule has 1 heterocycles. The van der Waals surface area contributed by atoms with Crippen molar-refractivity contribution in [2.45, 2.75) is 32.1 Å². The lowest BCUT2D eigenvalue weighted by atomic mass is 9.72. The Kier molecular flexibility index (Phi) is 4.59. The molecule has 1 aliphatic heterocycles. The average molecular weight is 260 g/mol. The van der Waals surface area contributed by atoms with E-state index < -0.39 is 0 Å². The van der Waals surface area contributed by atoms with Crippen LogP contribution in [-0.4, -0.2) is 25.5 Å². The van der Waals surface area contributed by atoms with Crippen LogP contribution in [-0.2, 0) is 10.2 Å². The van der Waals surface area contributed by atoms with Crippen LogP contribution in [0.15, 0.2) is 30.3 Å². The van der Waals surface area contributed by atoms with Crippen molar-refractivity contribution in [3.05, 3.63) is 35.9 Å². The Morgan fingerprint density at radius 2 is 1.89 bits per heavy atom. The molecule has 1 aromatic rings. The van der Waals surface area contributed by atoms with Crippen molar-refractivity contribution in [3.63, 3.8) is 0 Å². The molecular weight excluding hydrogens is 236 g/mol. The van der Waals surface area contributed by atoms with E-state index in [2.05, 4.69) is 36.6 Å². The van der Waals surface area contributed by atoms with E-state index in [-0.39, 0.29) is 11.3 Å². The van der Waals surface area contributed by atoms with E-state index in [1.807, 2.05) is 18.2 Å². The van der Waals surface area contributed by atoms with Crippen LogP contribution in [0.2, 0.25) is 0 Å². The lowest BCUT2D eigenvalue weighted by molar-refractivity contribution is -0.128. The number of carbonyl (C=O) groups excluding carboxylic acids is 1. The van der Waals surface area contributed by atoms with Crippen LogP contribution in [0, 0.1) is 5.92 Å². The maximum atomic E-state index is 12.7. The van der Waals surface area contributed by atoms with Gasteiger partial charge in [0.25, 0.3) is 0 Å². The van der Waals surface area contributed by atoms with Gasteiger partial charge in [-0.25, -0.2) is 0 Å². The first-order valence-corrected chi connectivity index (χ1v) is 7.20. The quantitative estimate of drug-likeness (QED) is 0.870. The van der Waals surface area contributed by atoms with Crippen LogP contribution in [0.1, 0.15) is 32.3 Å². The molecule has 2 rings (SSSR count). The highest BCUT2D eigenvalue weighted by molar-refractivity contribution is 5.88. The third kappa shape index (κ3) is 3.16. The second-order valence-corrected chi connectivity index (χ2v) is 5.80. The highest BCUT2D eigenvalue weighted by Crippen LogP contribution is 2.33. The fraction of sp³-hybridized carbons (Fsp3) is 0.562. The van der Waals surface area contributed by atoms with Crippen LogP contribution in [0.4, 0.5) is 0 Å². The van der Waals surface area contributed by atoms with Gasteiger partial charge >= 0.3 is 0 Å². The molecule has 0 radical (unpaired) electrons. The van der Waals surface area contributed by atoms with Gasteiger partial charge in [0, 0.05) is 6.54 Å². The smallest absolute Gasteiger partial charge is 0.230 e. The molecule has 1 amide bonds. The van der Waals surface area contributed by atoms with E-state index in [4.69, 9.17) is 0 Å². The molecule has 1 aromatic carbocycles. The number of rotatable bonds is 4. The molecule has 0 saturated carbocycles. The van der Waals surface area contributed by atoms with E-state index in [9.17, 15) is 4.79 Å². The van der Waals surface area contributed by atoms with E-state index in [1.54, 1.807) is 0 Å². The number of amides is 1. The zero-order chi connectivity index (χ0) is 13.7. The number of nitrogens with one attached hydrogen (secondary N) is 2. The van der Waals surface area contributed by atoms with Crippen LogP contribution < -0.4 is 10.6 Å². The molecule has 3 nitrogen and oxygen atoms in total. The number of hydrogen-bond acceptors (Lipinski definition) is 2. The van der Waals surface area contributed by atoms with Gasteiger partial charge in [-0.1, -0.05) is 44.2 Å². The minimum atomic E-state index is -0.346. The van der Waals surface area contributed by atoms with Gasteiger partial charge in [-0.05, 0) is 37.4 Å². The molecule has 3 heteroatoms. The van der Waals surface area contributed by atoms with Crippen molar-refractivity contribution >= 4 is 5.91 Å². The Morgan fingerprint density at radius 1 is 1.26 bits per heavy atom. The molecule has 0 spiro atoms. The number of carbonyl (C=O) groups is 1. The fourth-order valence-electron chi connectivity index (χ4n) is 2.72. The molecule has 2 N–H and O–H groups in total. The Hall–Kier alpha value is -1.35. The lowest BCUT2D eigenvalue weighted by Gasteiger charge is -2.37. The van der Waals surface area contributed by atoms with Crippen molar-refractivity contribution in [2.24, 2.45) is 5.92 Å². The van der Waals surface area contributed by atoms with Gasteiger partial charge in [0.1, 0.15) is 0 Å². The highest BCUT2D eigenvalue weighted by atomic mass is 16.2. The highest BCUT2D eigenvalue weighted by Gasteiger charge is 2.40. The second-order valence-electron chi connectivity index (χ2n) is 5.80. The van der Waals surface area contributed by atoms with Gasteiger partial charge in [-0.3, -0.25) is 4.79 Å². The SMILES string of the molecule is CC(C)CNC(=O)C1(c2ccccc2)CCNCC1. The molecule has 1 fully saturated rings. The van der Waals surface area contributed by atoms with Crippen molar-refractivity contribution in [1.29, 1.82) is 0 Å².